The summed E-state index contributed by atoms with van der Waals surface area (Å²) in [6.07, 6.45) is 4.61. The number of nitrogens with zero attached hydrogens (tertiary/aromatic N) is 1. The molecular formula is C10H19Cl2N3OS-2. The van der Waals surface area contributed by atoms with E-state index in [4.69, 9.17) is 5.73 Å². The number of nitrogens with two attached hydrogens (primary N) is 1. The Bertz CT molecular complexity index is 322. The Morgan fingerprint density at radius 1 is 1.47 bits per heavy atom. The van der Waals surface area contributed by atoms with E-state index >= 15 is 0 Å². The average molecular weight is 300 g/mol. The predicted molar refractivity (Wildman–Crippen MR) is 64.2 cm³/mol. The van der Waals surface area contributed by atoms with E-state index in [0.717, 1.165) is 24.5 Å². The fraction of sp³-hybridized carbons (Fsp3) is 0.700. The Morgan fingerprint density at radius 2 is 2.18 bits per heavy atom. The highest BCUT2D eigenvalue weighted by molar-refractivity contribution is 7.15. The van der Waals surface area contributed by atoms with Crippen molar-refractivity contribution in [3.05, 3.63) is 10.6 Å². The lowest BCUT2D eigenvalue weighted by Gasteiger charge is -2.21. The van der Waals surface area contributed by atoms with Gasteiger partial charge in [0.25, 0.3) is 0 Å². The van der Waals surface area contributed by atoms with Crippen LogP contribution in [-0.2, 0) is 12.8 Å². The van der Waals surface area contributed by atoms with Gasteiger partial charge >= 0.3 is 0 Å². The summed E-state index contributed by atoms with van der Waals surface area (Å²) in [4.78, 5) is 5.73. The standard InChI is InChI=1S/C10H17N3S.2ClH.H2O/c1-2-5-12-7-3-4-8-9(6-7)14-10(11)13-8;;;/h7,12H,2-6H2,1H3,(H2,11,13);2*1H;1H2/p-2/t7-;;;/m0.../s1. The Kier molecular flexibility index (Phi) is 10.1. The van der Waals surface area contributed by atoms with Crippen LogP contribution in [0.1, 0.15) is 30.3 Å². The van der Waals surface area contributed by atoms with Crippen molar-refractivity contribution < 1.29 is 30.3 Å². The van der Waals surface area contributed by atoms with Crippen molar-refractivity contribution in [1.29, 1.82) is 0 Å². The quantitative estimate of drug-likeness (QED) is 0.585. The molecule has 0 spiro atoms. The van der Waals surface area contributed by atoms with Gasteiger partial charge < -0.3 is 41.3 Å². The second-order valence-corrected chi connectivity index (χ2v) is 4.93. The van der Waals surface area contributed by atoms with Gasteiger partial charge in [-0.15, -0.1) is 11.3 Å². The molecular weight excluding hydrogens is 281 g/mol. The van der Waals surface area contributed by atoms with Crippen molar-refractivity contribution in [2.75, 3.05) is 12.3 Å². The van der Waals surface area contributed by atoms with E-state index in [1.807, 2.05) is 0 Å². The van der Waals surface area contributed by atoms with Crippen LogP contribution >= 0.6 is 11.3 Å². The zero-order valence-corrected chi connectivity index (χ0v) is 12.1. The van der Waals surface area contributed by atoms with Gasteiger partial charge in [0.05, 0.1) is 5.69 Å². The van der Waals surface area contributed by atoms with Crippen LogP contribution in [0.4, 0.5) is 5.13 Å². The van der Waals surface area contributed by atoms with Crippen LogP contribution < -0.4 is 35.9 Å². The van der Waals surface area contributed by atoms with Crippen LogP contribution in [-0.4, -0.2) is 23.0 Å². The first-order valence-corrected chi connectivity index (χ1v) is 6.08. The van der Waals surface area contributed by atoms with Crippen molar-refractivity contribution in [1.82, 2.24) is 10.3 Å². The molecule has 1 aromatic rings. The number of halogens is 2. The molecule has 17 heavy (non-hydrogen) atoms. The van der Waals surface area contributed by atoms with E-state index in [2.05, 4.69) is 17.2 Å². The Hall–Kier alpha value is -0.0700. The number of thiazole rings is 1. The minimum Gasteiger partial charge on any atom is -1.00 e. The summed E-state index contributed by atoms with van der Waals surface area (Å²) in [5.41, 5.74) is 6.93. The summed E-state index contributed by atoms with van der Waals surface area (Å²) in [5, 5.41) is 4.29. The first-order valence-electron chi connectivity index (χ1n) is 5.27. The van der Waals surface area contributed by atoms with Gasteiger partial charge in [0.1, 0.15) is 0 Å². The van der Waals surface area contributed by atoms with Crippen molar-refractivity contribution in [2.45, 2.75) is 38.6 Å². The van der Waals surface area contributed by atoms with E-state index < -0.39 is 0 Å². The smallest absolute Gasteiger partial charge is 0.180 e. The zero-order chi connectivity index (χ0) is 9.97. The number of hydrogen-bond acceptors (Lipinski definition) is 4. The lowest BCUT2D eigenvalue weighted by molar-refractivity contribution is -0.00100. The predicted octanol–water partition coefficient (Wildman–Crippen LogP) is -5.23. The highest BCUT2D eigenvalue weighted by atomic mass is 35.5. The SMILES string of the molecule is CCCN[C@H]1CCc2nc(N)sc2C1.O.[Cl-].[Cl-]. The number of aromatic nitrogens is 1. The number of hydrogen-bond donors (Lipinski definition) is 2. The first-order chi connectivity index (χ1) is 6.79. The minimum absolute atomic E-state index is 0. The monoisotopic (exact) mass is 299 g/mol. The van der Waals surface area contributed by atoms with Crippen LogP contribution in [0.3, 0.4) is 0 Å². The van der Waals surface area contributed by atoms with Crippen molar-refractivity contribution in [2.24, 2.45) is 0 Å². The van der Waals surface area contributed by atoms with Crippen molar-refractivity contribution in [3.63, 3.8) is 0 Å². The minimum atomic E-state index is 0. The lowest BCUT2D eigenvalue weighted by atomic mass is 9.98. The molecule has 1 aliphatic rings. The molecule has 1 heterocycles. The molecule has 0 aliphatic heterocycles. The third-order valence-corrected chi connectivity index (χ3v) is 3.59. The molecule has 5 N–H and O–H groups in total. The van der Waals surface area contributed by atoms with Crippen LogP contribution in [0.15, 0.2) is 0 Å². The molecule has 0 saturated heterocycles. The second-order valence-electron chi connectivity index (χ2n) is 3.82. The first kappa shape index (κ1) is 19.3. The third-order valence-electron chi connectivity index (χ3n) is 2.64. The normalized spacial score (nSPS) is 17.1. The fourth-order valence-corrected chi connectivity index (χ4v) is 2.88. The molecule has 2 rings (SSSR count). The summed E-state index contributed by atoms with van der Waals surface area (Å²) >= 11 is 1.65. The van der Waals surface area contributed by atoms with E-state index in [0.29, 0.717) is 6.04 Å². The van der Waals surface area contributed by atoms with Gasteiger partial charge in [0, 0.05) is 10.9 Å². The topological polar surface area (TPSA) is 82.4 Å². The van der Waals surface area contributed by atoms with Crippen LogP contribution in [0.5, 0.6) is 0 Å². The summed E-state index contributed by atoms with van der Waals surface area (Å²) in [5.74, 6) is 0. The summed E-state index contributed by atoms with van der Waals surface area (Å²) in [7, 11) is 0. The molecule has 0 saturated carbocycles. The van der Waals surface area contributed by atoms with E-state index in [-0.39, 0.29) is 30.3 Å². The molecule has 0 aromatic carbocycles. The second kappa shape index (κ2) is 8.94. The van der Waals surface area contributed by atoms with Crippen LogP contribution in [0.25, 0.3) is 0 Å². The molecule has 0 fully saturated rings. The maximum Gasteiger partial charge on any atom is 0.180 e. The van der Waals surface area contributed by atoms with Gasteiger partial charge in [0.15, 0.2) is 5.13 Å². The molecule has 4 nitrogen and oxygen atoms in total. The zero-order valence-electron chi connectivity index (χ0n) is 9.80. The number of aryl methyl sites for hydroxylation is 1. The Morgan fingerprint density at radius 3 is 2.82 bits per heavy atom. The molecule has 1 aromatic heterocycles. The fourth-order valence-electron chi connectivity index (χ4n) is 1.92. The van der Waals surface area contributed by atoms with Gasteiger partial charge in [-0.2, -0.15) is 0 Å². The molecule has 1 atom stereocenters. The maximum atomic E-state index is 5.69. The molecule has 0 radical (unpaired) electrons. The van der Waals surface area contributed by atoms with E-state index in [9.17, 15) is 0 Å². The van der Waals surface area contributed by atoms with Gasteiger partial charge in [-0.3, -0.25) is 0 Å². The Labute approximate surface area is 119 Å². The molecule has 7 heteroatoms. The van der Waals surface area contributed by atoms with Crippen molar-refractivity contribution >= 4 is 16.5 Å². The van der Waals surface area contributed by atoms with E-state index in [1.165, 1.54) is 23.4 Å². The highest BCUT2D eigenvalue weighted by Crippen LogP contribution is 2.27. The van der Waals surface area contributed by atoms with Crippen molar-refractivity contribution in [3.8, 4) is 0 Å². The number of rotatable bonds is 3. The van der Waals surface area contributed by atoms with Crippen LogP contribution in [0, 0.1) is 0 Å². The molecule has 0 amide bonds. The van der Waals surface area contributed by atoms with Gasteiger partial charge in [-0.25, -0.2) is 4.98 Å². The van der Waals surface area contributed by atoms with Crippen LogP contribution in [0.2, 0.25) is 0 Å². The highest BCUT2D eigenvalue weighted by Gasteiger charge is 2.21. The lowest BCUT2D eigenvalue weighted by Crippen LogP contribution is -3.00. The van der Waals surface area contributed by atoms with Gasteiger partial charge in [-0.1, -0.05) is 6.92 Å². The molecule has 0 bridgehead atoms. The maximum absolute atomic E-state index is 5.69. The summed E-state index contributed by atoms with van der Waals surface area (Å²) in [6.45, 7) is 3.32. The summed E-state index contributed by atoms with van der Waals surface area (Å²) < 4.78 is 0. The average Bonchev–Trinajstić information content (AvgIpc) is 2.54. The molecule has 0 unspecified atom stereocenters. The summed E-state index contributed by atoms with van der Waals surface area (Å²) in [6, 6.07) is 0.641. The molecule has 1 aliphatic carbocycles. The third kappa shape index (κ3) is 4.97. The number of nitrogens with one attached hydrogen (secondary N) is 1. The van der Waals surface area contributed by atoms with Gasteiger partial charge in [-0.05, 0) is 32.2 Å². The molecule has 102 valence electrons. The largest absolute Gasteiger partial charge is 1.00 e. The number of nitrogen functional groups attached to an aromatic ring is 1. The van der Waals surface area contributed by atoms with Gasteiger partial charge in [0.2, 0.25) is 0 Å². The van der Waals surface area contributed by atoms with E-state index in [1.54, 1.807) is 11.3 Å². The number of fused-ring (bicyclic) bond motifs is 1. The Balaban J connectivity index is 0. The number of anilines is 1.